The van der Waals surface area contributed by atoms with Crippen molar-refractivity contribution in [1.82, 2.24) is 25.5 Å². The number of likely N-dealkylation sites (tertiary alicyclic amines) is 1. The minimum absolute atomic E-state index is 0.112. The number of rotatable bonds is 7. The van der Waals surface area contributed by atoms with Crippen molar-refractivity contribution in [2.75, 3.05) is 26.2 Å². The Hall–Kier alpha value is -3.77. The van der Waals surface area contributed by atoms with Gasteiger partial charge in [-0.25, -0.2) is 4.98 Å². The molecule has 2 aliphatic rings. The van der Waals surface area contributed by atoms with E-state index in [2.05, 4.69) is 27.5 Å². The highest BCUT2D eigenvalue weighted by molar-refractivity contribution is 5.96. The number of halogens is 3. The lowest BCUT2D eigenvalue weighted by Gasteiger charge is -2.35. The molecular formula is C30H36F3N5O4. The van der Waals surface area contributed by atoms with Crippen LogP contribution in [0.1, 0.15) is 67.1 Å². The molecule has 12 heteroatoms. The van der Waals surface area contributed by atoms with Crippen molar-refractivity contribution in [2.45, 2.75) is 63.3 Å². The summed E-state index contributed by atoms with van der Waals surface area (Å²) in [6.07, 6.45) is 5.70. The second-order valence-corrected chi connectivity index (χ2v) is 10.5. The summed E-state index contributed by atoms with van der Waals surface area (Å²) in [5.74, 6) is -0.349. The molecule has 5 rings (SSSR count). The molecule has 2 fully saturated rings. The van der Waals surface area contributed by atoms with Gasteiger partial charge in [0.2, 0.25) is 11.8 Å². The molecule has 0 spiro atoms. The standard InChI is InChI=1S/C16H21N3O2.C14H15F3N2O2/c1-2-17-13-5-7-16(20,8-6-13)14-4-3-12(11-19-14)15-18-9-10-21-15;15-14(16,17)11-5-3-4-10(8-11)13(21)18-9-12(20)19-6-1-2-7-19/h3-4,9-11,13,17,20H,2,5-8H2,1H3;3-5,8H,1-2,6-7,9H2,(H,18,21). The van der Waals surface area contributed by atoms with E-state index in [0.29, 0.717) is 25.0 Å². The molecule has 3 aromatic rings. The number of oxazole rings is 1. The summed E-state index contributed by atoms with van der Waals surface area (Å²) in [5, 5.41) is 16.6. The van der Waals surface area contributed by atoms with Crippen LogP contribution >= 0.6 is 0 Å². The molecule has 226 valence electrons. The highest BCUT2D eigenvalue weighted by Crippen LogP contribution is 2.36. The summed E-state index contributed by atoms with van der Waals surface area (Å²) in [6, 6.07) is 8.42. The molecule has 1 aliphatic carbocycles. The van der Waals surface area contributed by atoms with E-state index in [4.69, 9.17) is 4.42 Å². The Morgan fingerprint density at radius 1 is 1.12 bits per heavy atom. The summed E-state index contributed by atoms with van der Waals surface area (Å²) in [7, 11) is 0. The molecule has 0 radical (unpaired) electrons. The zero-order valence-corrected chi connectivity index (χ0v) is 23.5. The maximum Gasteiger partial charge on any atom is 0.416 e. The molecule has 0 unspecified atom stereocenters. The predicted molar refractivity (Wildman–Crippen MR) is 149 cm³/mol. The van der Waals surface area contributed by atoms with Crippen molar-refractivity contribution >= 4 is 11.8 Å². The number of nitrogens with one attached hydrogen (secondary N) is 2. The number of carbonyl (C=O) groups excluding carboxylic acids is 2. The maximum atomic E-state index is 12.6. The molecule has 1 aromatic carbocycles. The SMILES string of the molecule is CCNC1CCC(O)(c2ccc(-c3ncco3)cn2)CC1.O=C(NCC(=O)N1CCCC1)c1cccc(C(F)(F)F)c1. The first-order valence-electron chi connectivity index (χ1n) is 14.1. The molecule has 9 nitrogen and oxygen atoms in total. The third-order valence-corrected chi connectivity index (χ3v) is 7.54. The number of pyridine rings is 1. The van der Waals surface area contributed by atoms with Gasteiger partial charge >= 0.3 is 6.18 Å². The van der Waals surface area contributed by atoms with Crippen LogP contribution in [-0.2, 0) is 16.6 Å². The largest absolute Gasteiger partial charge is 0.444 e. The fourth-order valence-electron chi connectivity index (χ4n) is 5.18. The molecule has 2 amide bonds. The van der Waals surface area contributed by atoms with Crippen LogP contribution in [0.2, 0.25) is 0 Å². The van der Waals surface area contributed by atoms with E-state index >= 15 is 0 Å². The zero-order valence-electron chi connectivity index (χ0n) is 23.5. The lowest BCUT2D eigenvalue weighted by Crippen LogP contribution is -2.40. The Labute approximate surface area is 242 Å². The van der Waals surface area contributed by atoms with Crippen molar-refractivity contribution < 1.29 is 32.3 Å². The smallest absolute Gasteiger partial charge is 0.416 e. The zero-order chi connectivity index (χ0) is 30.2. The Morgan fingerprint density at radius 2 is 1.86 bits per heavy atom. The van der Waals surface area contributed by atoms with E-state index in [1.165, 1.54) is 12.1 Å². The van der Waals surface area contributed by atoms with Crippen LogP contribution in [0.3, 0.4) is 0 Å². The number of hydrogen-bond donors (Lipinski definition) is 3. The van der Waals surface area contributed by atoms with Gasteiger partial charge in [0.15, 0.2) is 0 Å². The predicted octanol–water partition coefficient (Wildman–Crippen LogP) is 4.53. The second kappa shape index (κ2) is 13.9. The summed E-state index contributed by atoms with van der Waals surface area (Å²) in [4.78, 5) is 33.7. The molecule has 42 heavy (non-hydrogen) atoms. The molecule has 1 saturated heterocycles. The Bertz CT molecular complexity index is 1300. The normalized spacial score (nSPS) is 20.5. The van der Waals surface area contributed by atoms with Gasteiger partial charge in [-0.2, -0.15) is 13.2 Å². The van der Waals surface area contributed by atoms with Gasteiger partial charge < -0.3 is 25.1 Å². The number of carbonyl (C=O) groups is 2. The molecule has 3 heterocycles. The summed E-state index contributed by atoms with van der Waals surface area (Å²) in [6.45, 7) is 4.22. The van der Waals surface area contributed by atoms with Gasteiger partial charge in [-0.05, 0) is 75.4 Å². The lowest BCUT2D eigenvalue weighted by atomic mass is 9.80. The highest BCUT2D eigenvalue weighted by Gasteiger charge is 2.36. The highest BCUT2D eigenvalue weighted by atomic mass is 19.4. The Morgan fingerprint density at radius 3 is 2.45 bits per heavy atom. The number of amides is 2. The van der Waals surface area contributed by atoms with Crippen LogP contribution in [0.4, 0.5) is 13.2 Å². The van der Waals surface area contributed by atoms with E-state index in [1.807, 2.05) is 12.1 Å². The average Bonchev–Trinajstić information content (AvgIpc) is 3.73. The topological polar surface area (TPSA) is 121 Å². The third-order valence-electron chi connectivity index (χ3n) is 7.54. The van der Waals surface area contributed by atoms with Crippen LogP contribution in [0.25, 0.3) is 11.5 Å². The Balaban J connectivity index is 0.000000193. The molecule has 0 atom stereocenters. The van der Waals surface area contributed by atoms with Gasteiger partial charge in [-0.15, -0.1) is 0 Å². The summed E-state index contributed by atoms with van der Waals surface area (Å²) < 4.78 is 42.9. The second-order valence-electron chi connectivity index (χ2n) is 10.5. The van der Waals surface area contributed by atoms with Gasteiger partial charge in [-0.3, -0.25) is 14.6 Å². The number of nitrogens with zero attached hydrogens (tertiary/aromatic N) is 3. The number of hydrogen-bond acceptors (Lipinski definition) is 7. The van der Waals surface area contributed by atoms with Crippen molar-refractivity contribution in [3.8, 4) is 11.5 Å². The first-order valence-corrected chi connectivity index (χ1v) is 14.1. The van der Waals surface area contributed by atoms with Crippen LogP contribution in [0, 0.1) is 0 Å². The average molecular weight is 588 g/mol. The van der Waals surface area contributed by atoms with Gasteiger partial charge in [0, 0.05) is 30.9 Å². The summed E-state index contributed by atoms with van der Waals surface area (Å²) >= 11 is 0. The molecular weight excluding hydrogens is 551 g/mol. The van der Waals surface area contributed by atoms with Crippen molar-refractivity contribution in [3.05, 3.63) is 71.9 Å². The number of benzene rings is 1. The van der Waals surface area contributed by atoms with Crippen molar-refractivity contribution in [1.29, 1.82) is 0 Å². The van der Waals surface area contributed by atoms with Gasteiger partial charge in [0.25, 0.3) is 5.91 Å². The van der Waals surface area contributed by atoms with E-state index in [1.54, 1.807) is 23.6 Å². The van der Waals surface area contributed by atoms with Gasteiger partial charge in [0.05, 0.1) is 29.6 Å². The quantitative estimate of drug-likeness (QED) is 0.371. The van der Waals surface area contributed by atoms with Crippen molar-refractivity contribution in [3.63, 3.8) is 0 Å². The minimum atomic E-state index is -4.50. The first-order chi connectivity index (χ1) is 20.1. The molecule has 1 aliphatic heterocycles. The number of alkyl halides is 3. The minimum Gasteiger partial charge on any atom is -0.444 e. The van der Waals surface area contributed by atoms with Crippen LogP contribution in [-0.4, -0.2) is 64.0 Å². The van der Waals surface area contributed by atoms with Crippen LogP contribution < -0.4 is 10.6 Å². The van der Waals surface area contributed by atoms with Gasteiger partial charge in [0.1, 0.15) is 11.9 Å². The fourth-order valence-corrected chi connectivity index (χ4v) is 5.18. The Kier molecular flexibility index (Phi) is 10.3. The van der Waals surface area contributed by atoms with E-state index in [0.717, 1.165) is 68.5 Å². The third kappa shape index (κ3) is 8.16. The lowest BCUT2D eigenvalue weighted by molar-refractivity contribution is -0.137. The molecule has 2 aromatic heterocycles. The monoisotopic (exact) mass is 587 g/mol. The molecule has 3 N–H and O–H groups in total. The number of aromatic nitrogens is 2. The summed E-state index contributed by atoms with van der Waals surface area (Å²) in [5.41, 5.74) is -0.234. The van der Waals surface area contributed by atoms with Crippen LogP contribution in [0.5, 0.6) is 0 Å². The molecule has 1 saturated carbocycles. The fraction of sp³-hybridized carbons (Fsp3) is 0.467. The van der Waals surface area contributed by atoms with Gasteiger partial charge in [-0.1, -0.05) is 13.0 Å². The van der Waals surface area contributed by atoms with Crippen molar-refractivity contribution in [2.24, 2.45) is 0 Å². The van der Waals surface area contributed by atoms with E-state index in [-0.39, 0.29) is 18.0 Å². The van der Waals surface area contributed by atoms with E-state index in [9.17, 15) is 27.9 Å². The van der Waals surface area contributed by atoms with Crippen LogP contribution in [0.15, 0.2) is 59.5 Å². The molecule has 0 bridgehead atoms. The first kappa shape index (κ1) is 31.2. The number of aliphatic hydroxyl groups is 1. The maximum absolute atomic E-state index is 12.6. The van der Waals surface area contributed by atoms with E-state index < -0.39 is 23.2 Å².